The normalized spacial score (nSPS) is 10.2. The van der Waals surface area contributed by atoms with Crippen molar-refractivity contribution in [2.45, 2.75) is 6.92 Å². The molecule has 0 unspecified atom stereocenters. The molecule has 0 spiro atoms. The number of oxazole rings is 1. The predicted octanol–water partition coefficient (Wildman–Crippen LogP) is 3.56. The Labute approximate surface area is 115 Å². The Morgan fingerprint density at radius 2 is 2.11 bits per heavy atom. The lowest BCUT2D eigenvalue weighted by Crippen LogP contribution is -2.08. The summed E-state index contributed by atoms with van der Waals surface area (Å²) in [5.74, 6) is 0.212. The van der Waals surface area contributed by atoms with Crippen LogP contribution in [0, 0.1) is 6.92 Å². The van der Waals surface area contributed by atoms with E-state index in [1.54, 1.807) is 6.92 Å². The maximum Gasteiger partial charge on any atom is 0.360 e. The molecule has 1 aromatic carbocycles. The third kappa shape index (κ3) is 3.23. The number of carbonyl (C=O) groups excluding carboxylic acids is 1. The van der Waals surface area contributed by atoms with Crippen LogP contribution in [-0.4, -0.2) is 17.6 Å². The molecule has 0 saturated heterocycles. The highest BCUT2D eigenvalue weighted by Crippen LogP contribution is 2.21. The van der Waals surface area contributed by atoms with E-state index in [9.17, 15) is 4.79 Å². The molecule has 19 heavy (non-hydrogen) atoms. The molecule has 0 aliphatic rings. The van der Waals surface area contributed by atoms with Crippen molar-refractivity contribution < 1.29 is 13.9 Å². The topological polar surface area (TPSA) is 52.3 Å². The SMILES string of the molecule is C=C(Cl)COC(=O)c1nc(-c2ccccc2)oc1C. The number of esters is 1. The lowest BCUT2D eigenvalue weighted by atomic mass is 10.2. The molecule has 0 fully saturated rings. The fourth-order valence-corrected chi connectivity index (χ4v) is 1.56. The zero-order chi connectivity index (χ0) is 13.8. The second kappa shape index (κ2) is 5.71. The summed E-state index contributed by atoms with van der Waals surface area (Å²) in [7, 11) is 0. The molecular weight excluding hydrogens is 266 g/mol. The van der Waals surface area contributed by atoms with Crippen LogP contribution < -0.4 is 0 Å². The lowest BCUT2D eigenvalue weighted by Gasteiger charge is -2.00. The van der Waals surface area contributed by atoms with Gasteiger partial charge in [-0.3, -0.25) is 0 Å². The second-order valence-corrected chi connectivity index (χ2v) is 4.42. The maximum atomic E-state index is 11.8. The van der Waals surface area contributed by atoms with E-state index in [4.69, 9.17) is 20.8 Å². The van der Waals surface area contributed by atoms with Gasteiger partial charge in [0.25, 0.3) is 0 Å². The van der Waals surface area contributed by atoms with E-state index < -0.39 is 5.97 Å². The molecule has 0 bridgehead atoms. The van der Waals surface area contributed by atoms with Gasteiger partial charge in [0, 0.05) is 10.6 Å². The number of rotatable bonds is 4. The zero-order valence-electron chi connectivity index (χ0n) is 10.4. The predicted molar refractivity (Wildman–Crippen MR) is 72.0 cm³/mol. The molecule has 0 radical (unpaired) electrons. The van der Waals surface area contributed by atoms with Crippen LogP contribution in [0.1, 0.15) is 16.2 Å². The Bertz CT molecular complexity index is 604. The van der Waals surface area contributed by atoms with Gasteiger partial charge < -0.3 is 9.15 Å². The third-order valence-electron chi connectivity index (χ3n) is 2.37. The van der Waals surface area contributed by atoms with Crippen molar-refractivity contribution in [2.75, 3.05) is 6.61 Å². The van der Waals surface area contributed by atoms with E-state index in [1.165, 1.54) is 0 Å². The van der Waals surface area contributed by atoms with Crippen molar-refractivity contribution in [3.63, 3.8) is 0 Å². The van der Waals surface area contributed by atoms with Gasteiger partial charge in [-0.1, -0.05) is 36.4 Å². The molecular formula is C14H12ClNO3. The van der Waals surface area contributed by atoms with Crippen molar-refractivity contribution in [1.82, 2.24) is 4.98 Å². The summed E-state index contributed by atoms with van der Waals surface area (Å²) in [6, 6.07) is 9.32. The molecule has 4 nitrogen and oxygen atoms in total. The summed E-state index contributed by atoms with van der Waals surface area (Å²) < 4.78 is 10.4. The quantitative estimate of drug-likeness (QED) is 0.802. The van der Waals surface area contributed by atoms with Crippen molar-refractivity contribution in [3.05, 3.63) is 53.4 Å². The van der Waals surface area contributed by atoms with Gasteiger partial charge in [-0.05, 0) is 19.1 Å². The number of hydrogen-bond acceptors (Lipinski definition) is 4. The Morgan fingerprint density at radius 1 is 1.42 bits per heavy atom. The van der Waals surface area contributed by atoms with Crippen molar-refractivity contribution >= 4 is 17.6 Å². The lowest BCUT2D eigenvalue weighted by molar-refractivity contribution is 0.0538. The van der Waals surface area contributed by atoms with Gasteiger partial charge in [0.2, 0.25) is 5.89 Å². The molecule has 0 amide bonds. The molecule has 2 rings (SSSR count). The number of benzene rings is 1. The summed E-state index contributed by atoms with van der Waals surface area (Å²) in [6.07, 6.45) is 0. The van der Waals surface area contributed by atoms with E-state index in [-0.39, 0.29) is 17.3 Å². The average Bonchev–Trinajstić information content (AvgIpc) is 2.79. The first-order valence-corrected chi connectivity index (χ1v) is 5.99. The van der Waals surface area contributed by atoms with Crippen molar-refractivity contribution in [3.8, 4) is 11.5 Å². The summed E-state index contributed by atoms with van der Waals surface area (Å²) >= 11 is 5.53. The fraction of sp³-hybridized carbons (Fsp3) is 0.143. The minimum Gasteiger partial charge on any atom is -0.455 e. The fourth-order valence-electron chi connectivity index (χ4n) is 1.50. The zero-order valence-corrected chi connectivity index (χ0v) is 11.1. The summed E-state index contributed by atoms with van der Waals surface area (Å²) in [4.78, 5) is 15.9. The van der Waals surface area contributed by atoms with Crippen LogP contribution >= 0.6 is 11.6 Å². The minimum atomic E-state index is -0.578. The molecule has 0 aliphatic carbocycles. The number of carbonyl (C=O) groups is 1. The number of aromatic nitrogens is 1. The molecule has 2 aromatic rings. The van der Waals surface area contributed by atoms with Crippen LogP contribution in [0.15, 0.2) is 46.4 Å². The summed E-state index contributed by atoms with van der Waals surface area (Å²) in [6.45, 7) is 5.05. The van der Waals surface area contributed by atoms with Crippen LogP contribution in [0.2, 0.25) is 0 Å². The maximum absolute atomic E-state index is 11.8. The van der Waals surface area contributed by atoms with Crippen LogP contribution in [0.25, 0.3) is 11.5 Å². The van der Waals surface area contributed by atoms with E-state index in [0.717, 1.165) is 5.56 Å². The molecule has 1 aromatic heterocycles. The molecule has 0 aliphatic heterocycles. The molecule has 0 N–H and O–H groups in total. The van der Waals surface area contributed by atoms with E-state index in [0.29, 0.717) is 11.7 Å². The van der Waals surface area contributed by atoms with Gasteiger partial charge in [-0.15, -0.1) is 0 Å². The van der Waals surface area contributed by atoms with E-state index in [2.05, 4.69) is 11.6 Å². The number of ether oxygens (including phenoxy) is 1. The Kier molecular flexibility index (Phi) is 4.02. The van der Waals surface area contributed by atoms with Gasteiger partial charge in [0.05, 0.1) is 0 Å². The highest BCUT2D eigenvalue weighted by Gasteiger charge is 2.19. The average molecular weight is 278 g/mol. The number of aryl methyl sites for hydroxylation is 1. The summed E-state index contributed by atoms with van der Waals surface area (Å²) in [5, 5.41) is 0.248. The largest absolute Gasteiger partial charge is 0.455 e. The molecule has 98 valence electrons. The number of halogens is 1. The molecule has 0 atom stereocenters. The van der Waals surface area contributed by atoms with Gasteiger partial charge in [-0.2, -0.15) is 0 Å². The Balaban J connectivity index is 2.22. The highest BCUT2D eigenvalue weighted by atomic mass is 35.5. The van der Waals surface area contributed by atoms with Gasteiger partial charge in [0.1, 0.15) is 12.4 Å². The smallest absolute Gasteiger partial charge is 0.360 e. The van der Waals surface area contributed by atoms with Crippen molar-refractivity contribution in [1.29, 1.82) is 0 Å². The molecule has 5 heteroatoms. The third-order valence-corrected chi connectivity index (χ3v) is 2.48. The van der Waals surface area contributed by atoms with Crippen molar-refractivity contribution in [2.24, 2.45) is 0 Å². The number of nitrogens with zero attached hydrogens (tertiary/aromatic N) is 1. The monoisotopic (exact) mass is 277 g/mol. The molecule has 1 heterocycles. The summed E-state index contributed by atoms with van der Waals surface area (Å²) in [5.41, 5.74) is 0.947. The second-order valence-electron chi connectivity index (χ2n) is 3.88. The first-order chi connectivity index (χ1) is 9.08. The Morgan fingerprint density at radius 3 is 2.74 bits per heavy atom. The van der Waals surface area contributed by atoms with Gasteiger partial charge in [-0.25, -0.2) is 9.78 Å². The van der Waals surface area contributed by atoms with Crippen LogP contribution in [0.3, 0.4) is 0 Å². The first kappa shape index (κ1) is 13.4. The van der Waals surface area contributed by atoms with Gasteiger partial charge in [0.15, 0.2) is 5.69 Å². The Hall–Kier alpha value is -2.07. The van der Waals surface area contributed by atoms with E-state index in [1.807, 2.05) is 30.3 Å². The highest BCUT2D eigenvalue weighted by molar-refractivity contribution is 6.29. The van der Waals surface area contributed by atoms with Crippen LogP contribution in [-0.2, 0) is 4.74 Å². The number of hydrogen-bond donors (Lipinski definition) is 0. The minimum absolute atomic E-state index is 0.0483. The first-order valence-electron chi connectivity index (χ1n) is 5.61. The van der Waals surface area contributed by atoms with Gasteiger partial charge >= 0.3 is 5.97 Å². The van der Waals surface area contributed by atoms with Crippen LogP contribution in [0.5, 0.6) is 0 Å². The molecule has 0 saturated carbocycles. The van der Waals surface area contributed by atoms with E-state index >= 15 is 0 Å². The standard InChI is InChI=1S/C14H12ClNO3/c1-9(15)8-18-14(17)12-10(2)19-13(16-12)11-6-4-3-5-7-11/h3-7H,1,8H2,2H3. The van der Waals surface area contributed by atoms with Crippen LogP contribution in [0.4, 0.5) is 0 Å².